The number of aromatic nitrogens is 1. The molecule has 0 radical (unpaired) electrons. The largest absolute Gasteiger partial charge is 0.497 e. The zero-order valence-corrected chi connectivity index (χ0v) is 25.1. The molecule has 1 aromatic heterocycles. The van der Waals surface area contributed by atoms with E-state index in [4.69, 9.17) is 14.5 Å². The lowest BCUT2D eigenvalue weighted by Crippen LogP contribution is -2.32. The van der Waals surface area contributed by atoms with Crippen LogP contribution in [0.2, 0.25) is 0 Å². The van der Waals surface area contributed by atoms with Crippen LogP contribution in [0, 0.1) is 0 Å². The van der Waals surface area contributed by atoms with Gasteiger partial charge in [-0.25, -0.2) is 4.98 Å². The van der Waals surface area contributed by atoms with Crippen LogP contribution in [-0.2, 0) is 0 Å². The molecule has 2 atom stereocenters. The van der Waals surface area contributed by atoms with Crippen LogP contribution in [0.1, 0.15) is 51.1 Å². The first-order chi connectivity index (χ1) is 20.5. The van der Waals surface area contributed by atoms with Crippen molar-refractivity contribution in [3.8, 4) is 11.5 Å². The number of carbonyl (C=O) groups is 1. The van der Waals surface area contributed by atoms with Gasteiger partial charge in [0.25, 0.3) is 5.91 Å². The number of benzene rings is 4. The number of hydrogen-bond acceptors (Lipinski definition) is 4. The summed E-state index contributed by atoms with van der Waals surface area (Å²) in [5, 5.41) is 0.820. The van der Waals surface area contributed by atoms with Gasteiger partial charge in [-0.2, -0.15) is 0 Å². The second-order valence-corrected chi connectivity index (χ2v) is 11.3. The van der Waals surface area contributed by atoms with Crippen LogP contribution in [0.4, 0.5) is 0 Å². The van der Waals surface area contributed by atoms with Gasteiger partial charge in [0.15, 0.2) is 0 Å². The zero-order valence-electron chi connectivity index (χ0n) is 23.5. The summed E-state index contributed by atoms with van der Waals surface area (Å²) in [5.41, 5.74) is 5.40. The van der Waals surface area contributed by atoms with E-state index in [0.717, 1.165) is 44.4 Å². The summed E-state index contributed by atoms with van der Waals surface area (Å²) >= 11 is 3.60. The van der Waals surface area contributed by atoms with Gasteiger partial charge in [0.2, 0.25) is 0 Å². The van der Waals surface area contributed by atoms with Crippen LogP contribution in [0.25, 0.3) is 23.1 Å². The number of pyridine rings is 1. The van der Waals surface area contributed by atoms with Crippen molar-refractivity contribution in [2.75, 3.05) is 20.8 Å². The Balaban J connectivity index is 1.43. The van der Waals surface area contributed by atoms with Crippen molar-refractivity contribution in [2.45, 2.75) is 18.4 Å². The highest BCUT2D eigenvalue weighted by Crippen LogP contribution is 2.45. The lowest BCUT2D eigenvalue weighted by Gasteiger charge is -2.30. The highest BCUT2D eigenvalue weighted by atomic mass is 79.9. The van der Waals surface area contributed by atoms with Gasteiger partial charge in [0.1, 0.15) is 11.5 Å². The molecular weight excluding hydrogens is 588 g/mol. The van der Waals surface area contributed by atoms with Crippen molar-refractivity contribution >= 4 is 44.9 Å². The fourth-order valence-electron chi connectivity index (χ4n) is 5.87. The molecule has 6 rings (SSSR count). The number of nitrogens with zero attached hydrogens (tertiary/aromatic N) is 2. The Kier molecular flexibility index (Phi) is 8.06. The summed E-state index contributed by atoms with van der Waals surface area (Å²) < 4.78 is 11.8. The van der Waals surface area contributed by atoms with Crippen LogP contribution in [0.5, 0.6) is 11.5 Å². The molecule has 0 spiro atoms. The summed E-state index contributed by atoms with van der Waals surface area (Å²) in [6.45, 7) is 0.646. The lowest BCUT2D eigenvalue weighted by molar-refractivity contribution is 0.0731. The molecule has 2 unspecified atom stereocenters. The maximum atomic E-state index is 14.6. The Morgan fingerprint density at radius 2 is 1.57 bits per heavy atom. The number of ether oxygens (including phenoxy) is 2. The minimum Gasteiger partial charge on any atom is -0.497 e. The van der Waals surface area contributed by atoms with Crippen molar-refractivity contribution in [1.82, 2.24) is 9.88 Å². The summed E-state index contributed by atoms with van der Waals surface area (Å²) in [6, 6.07) is 34.1. The number of fused-ring (bicyclic) bond motifs is 1. The predicted octanol–water partition coefficient (Wildman–Crippen LogP) is 8.56. The summed E-state index contributed by atoms with van der Waals surface area (Å²) in [7, 11) is 3.33. The van der Waals surface area contributed by atoms with Crippen molar-refractivity contribution < 1.29 is 14.3 Å². The number of hydrogen-bond donors (Lipinski definition) is 0. The molecule has 1 aliphatic heterocycles. The molecule has 0 aliphatic carbocycles. The Morgan fingerprint density at radius 1 is 0.833 bits per heavy atom. The fraction of sp³-hybridized carbons (Fsp3) is 0.167. The molecule has 0 N–H and O–H groups in total. The molecule has 4 aromatic carbocycles. The minimum absolute atomic E-state index is 0.0113. The minimum atomic E-state index is -0.138. The van der Waals surface area contributed by atoms with Gasteiger partial charge in [-0.3, -0.25) is 4.79 Å². The molecule has 6 heteroatoms. The smallest absolute Gasteiger partial charge is 0.255 e. The molecule has 5 nitrogen and oxygen atoms in total. The van der Waals surface area contributed by atoms with Gasteiger partial charge in [0.05, 0.1) is 37.0 Å². The van der Waals surface area contributed by atoms with Gasteiger partial charge in [-0.1, -0.05) is 76.6 Å². The van der Waals surface area contributed by atoms with Crippen molar-refractivity contribution in [3.05, 3.63) is 136 Å². The number of halogens is 1. The summed E-state index contributed by atoms with van der Waals surface area (Å²) in [5.74, 6) is 1.72. The molecule has 2 heterocycles. The average molecular weight is 620 g/mol. The Hall–Kier alpha value is -4.42. The molecule has 1 aliphatic rings. The number of methoxy groups -OCH3 is 2. The number of amides is 1. The standard InChI is InChI=1S/C36H31BrN2O3/c1-41-29-12-6-8-24(20-29)14-16-28-23-33(32-22-27(37)15-17-34(32)38-28)36(40)39-19-18-31(25-9-4-3-5-10-25)35(39)26-11-7-13-30(21-26)42-2/h3-17,20-23,31,35H,18-19H2,1-2H3/b16-14+. The van der Waals surface area contributed by atoms with Crippen LogP contribution >= 0.6 is 15.9 Å². The third-order valence-electron chi connectivity index (χ3n) is 7.88. The van der Waals surface area contributed by atoms with Crippen LogP contribution in [0.3, 0.4) is 0 Å². The van der Waals surface area contributed by atoms with Crippen molar-refractivity contribution in [3.63, 3.8) is 0 Å². The van der Waals surface area contributed by atoms with Crippen LogP contribution in [-0.4, -0.2) is 36.6 Å². The van der Waals surface area contributed by atoms with E-state index in [-0.39, 0.29) is 17.9 Å². The molecule has 1 saturated heterocycles. The van der Waals surface area contributed by atoms with Gasteiger partial charge < -0.3 is 14.4 Å². The highest BCUT2D eigenvalue weighted by molar-refractivity contribution is 9.10. The topological polar surface area (TPSA) is 51.7 Å². The first kappa shape index (κ1) is 27.7. The molecule has 5 aromatic rings. The summed E-state index contributed by atoms with van der Waals surface area (Å²) in [6.07, 6.45) is 4.81. The zero-order chi connectivity index (χ0) is 29.1. The lowest BCUT2D eigenvalue weighted by atomic mass is 9.87. The van der Waals surface area contributed by atoms with Crippen molar-refractivity contribution in [1.29, 1.82) is 0 Å². The molecule has 1 amide bonds. The van der Waals surface area contributed by atoms with Crippen molar-refractivity contribution in [2.24, 2.45) is 0 Å². The van der Waals surface area contributed by atoms with E-state index in [0.29, 0.717) is 17.8 Å². The second-order valence-electron chi connectivity index (χ2n) is 10.4. The Bertz CT molecular complexity index is 1770. The predicted molar refractivity (Wildman–Crippen MR) is 172 cm³/mol. The first-order valence-electron chi connectivity index (χ1n) is 14.0. The molecule has 1 fully saturated rings. The van der Waals surface area contributed by atoms with E-state index in [2.05, 4.69) is 52.3 Å². The number of likely N-dealkylation sites (tertiary alicyclic amines) is 1. The monoisotopic (exact) mass is 618 g/mol. The van der Waals surface area contributed by atoms with Crippen LogP contribution in [0.15, 0.2) is 108 Å². The number of carbonyl (C=O) groups excluding carboxylic acids is 1. The van der Waals surface area contributed by atoms with E-state index in [1.807, 2.05) is 83.8 Å². The van der Waals surface area contributed by atoms with E-state index >= 15 is 0 Å². The van der Waals surface area contributed by atoms with Gasteiger partial charge in [0, 0.05) is 22.3 Å². The van der Waals surface area contributed by atoms with E-state index in [9.17, 15) is 4.79 Å². The highest BCUT2D eigenvalue weighted by Gasteiger charge is 2.39. The normalized spacial score (nSPS) is 16.7. The van der Waals surface area contributed by atoms with Gasteiger partial charge in [-0.05, 0) is 77.7 Å². The molecular formula is C36H31BrN2O3. The molecule has 42 heavy (non-hydrogen) atoms. The third kappa shape index (κ3) is 5.68. The van der Waals surface area contributed by atoms with Crippen LogP contribution < -0.4 is 9.47 Å². The quantitative estimate of drug-likeness (QED) is 0.183. The Morgan fingerprint density at radius 3 is 2.36 bits per heavy atom. The van der Waals surface area contributed by atoms with E-state index in [1.54, 1.807) is 14.2 Å². The fourth-order valence-corrected chi connectivity index (χ4v) is 6.23. The molecule has 0 saturated carbocycles. The Labute approximate surface area is 254 Å². The SMILES string of the molecule is COc1cccc(/C=C/c2cc(C(=O)N3CCC(c4ccccc4)C3c3cccc(OC)c3)c3cc(Br)ccc3n2)c1. The maximum Gasteiger partial charge on any atom is 0.255 e. The number of rotatable bonds is 7. The second kappa shape index (κ2) is 12.2. The summed E-state index contributed by atoms with van der Waals surface area (Å²) in [4.78, 5) is 21.5. The molecule has 0 bridgehead atoms. The average Bonchev–Trinajstić information content (AvgIpc) is 3.49. The maximum absolute atomic E-state index is 14.6. The molecule has 210 valence electrons. The third-order valence-corrected chi connectivity index (χ3v) is 8.38. The van der Waals surface area contributed by atoms with Gasteiger partial charge in [-0.15, -0.1) is 0 Å². The van der Waals surface area contributed by atoms with E-state index < -0.39 is 0 Å². The first-order valence-corrected chi connectivity index (χ1v) is 14.8. The van der Waals surface area contributed by atoms with E-state index in [1.165, 1.54) is 5.56 Å². The van der Waals surface area contributed by atoms with Gasteiger partial charge >= 0.3 is 0 Å².